The molecule has 0 aromatic rings. The van der Waals surface area contributed by atoms with E-state index in [0.29, 0.717) is 0 Å². The first-order valence-electron chi connectivity index (χ1n) is 11.1. The van der Waals surface area contributed by atoms with Crippen LogP contribution in [0.25, 0.3) is 0 Å². The van der Waals surface area contributed by atoms with Crippen molar-refractivity contribution in [3.8, 4) is 0 Å². The lowest BCUT2D eigenvalue weighted by molar-refractivity contribution is -0.140. The van der Waals surface area contributed by atoms with Crippen LogP contribution in [0, 0.1) is 0 Å². The Hall–Kier alpha value is -2.93. The first-order valence-corrected chi connectivity index (χ1v) is 11.1. The fourth-order valence-corrected chi connectivity index (χ4v) is 2.32. The maximum absolute atomic E-state index is 10.2. The Labute approximate surface area is 191 Å². The van der Waals surface area contributed by atoms with Gasteiger partial charge in [-0.1, -0.05) is 100 Å². The van der Waals surface area contributed by atoms with Gasteiger partial charge in [0.2, 0.25) is 0 Å². The van der Waals surface area contributed by atoms with Crippen molar-refractivity contribution in [3.63, 3.8) is 0 Å². The van der Waals surface area contributed by atoms with E-state index in [-0.39, 0.29) is 12.8 Å². The van der Waals surface area contributed by atoms with Crippen molar-refractivity contribution in [3.05, 3.63) is 60.8 Å². The van der Waals surface area contributed by atoms with Crippen molar-refractivity contribution in [2.45, 2.75) is 77.2 Å². The van der Waals surface area contributed by atoms with E-state index in [1.54, 1.807) is 12.2 Å². The third-order valence-electron chi connectivity index (χ3n) is 4.11. The summed E-state index contributed by atoms with van der Waals surface area (Å²) in [6.07, 6.45) is 28.5. The van der Waals surface area contributed by atoms with Crippen molar-refractivity contribution < 1.29 is 29.7 Å². The smallest absolute Gasteiger partial charge is 0.328 e. The third-order valence-corrected chi connectivity index (χ3v) is 4.11. The van der Waals surface area contributed by atoms with Gasteiger partial charge in [0.05, 0.1) is 0 Å². The molecule has 0 radical (unpaired) electrons. The number of carboxylic acid groups (broad SMARTS) is 3. The second kappa shape index (κ2) is 24.3. The number of carbonyl (C=O) groups is 3. The first kappa shape index (κ1) is 31.3. The zero-order valence-electron chi connectivity index (χ0n) is 19.1. The van der Waals surface area contributed by atoms with Crippen LogP contribution in [0.1, 0.15) is 71.1 Å². The van der Waals surface area contributed by atoms with Crippen LogP contribution in [0.2, 0.25) is 0 Å². The molecule has 0 aromatic carbocycles. The zero-order valence-corrected chi connectivity index (χ0v) is 19.1. The summed E-state index contributed by atoms with van der Waals surface area (Å²) in [7, 11) is 0. The molecule has 0 saturated carbocycles. The van der Waals surface area contributed by atoms with E-state index in [4.69, 9.17) is 21.1 Å². The molecular weight excluding hydrogens is 410 g/mol. The number of aliphatic carboxylic acids is 3. The summed E-state index contributed by atoms with van der Waals surface area (Å²) >= 11 is 0. The highest BCUT2D eigenvalue weighted by atomic mass is 16.4. The number of rotatable bonds is 17. The monoisotopic (exact) mass is 449 g/mol. The van der Waals surface area contributed by atoms with Gasteiger partial charge in [-0.3, -0.25) is 9.59 Å². The third kappa shape index (κ3) is 29.3. The van der Waals surface area contributed by atoms with Gasteiger partial charge in [0.15, 0.2) is 0 Å². The van der Waals surface area contributed by atoms with Crippen LogP contribution < -0.4 is 5.73 Å². The summed E-state index contributed by atoms with van der Waals surface area (Å²) in [5.41, 5.74) is 5.00. The molecule has 0 bridgehead atoms. The van der Waals surface area contributed by atoms with Crippen molar-refractivity contribution >= 4 is 17.9 Å². The van der Waals surface area contributed by atoms with Crippen LogP contribution in [0.15, 0.2) is 60.8 Å². The predicted molar refractivity (Wildman–Crippen MR) is 128 cm³/mol. The van der Waals surface area contributed by atoms with E-state index in [9.17, 15) is 14.4 Å². The summed E-state index contributed by atoms with van der Waals surface area (Å²) in [5, 5.41) is 24.7. The van der Waals surface area contributed by atoms with Crippen LogP contribution >= 0.6 is 0 Å². The highest BCUT2D eigenvalue weighted by Gasteiger charge is 2.12. The quantitative estimate of drug-likeness (QED) is 0.135. The highest BCUT2D eigenvalue weighted by Crippen LogP contribution is 2.08. The Morgan fingerprint density at radius 1 is 0.750 bits per heavy atom. The number of hydrogen-bond acceptors (Lipinski definition) is 4. The summed E-state index contributed by atoms with van der Waals surface area (Å²) < 4.78 is 0. The summed E-state index contributed by atoms with van der Waals surface area (Å²) in [4.78, 5) is 30.1. The molecule has 0 heterocycles. The van der Waals surface area contributed by atoms with Crippen LogP contribution in [0.5, 0.6) is 0 Å². The first-order chi connectivity index (χ1) is 15.3. The van der Waals surface area contributed by atoms with E-state index < -0.39 is 23.9 Å². The van der Waals surface area contributed by atoms with Crippen molar-refractivity contribution in [2.75, 3.05) is 0 Å². The molecule has 0 aliphatic heterocycles. The topological polar surface area (TPSA) is 138 Å². The highest BCUT2D eigenvalue weighted by molar-refractivity contribution is 5.80. The van der Waals surface area contributed by atoms with E-state index in [2.05, 4.69) is 19.1 Å². The van der Waals surface area contributed by atoms with Crippen LogP contribution in [-0.2, 0) is 14.4 Å². The molecule has 0 rings (SSSR count). The van der Waals surface area contributed by atoms with Crippen molar-refractivity contribution in [1.82, 2.24) is 0 Å². The fraction of sp³-hybridized carbons (Fsp3) is 0.480. The summed E-state index contributed by atoms with van der Waals surface area (Å²) in [6, 6.07) is -1.06. The lowest BCUT2D eigenvalue weighted by Crippen LogP contribution is -2.30. The molecule has 0 aromatic heterocycles. The van der Waals surface area contributed by atoms with Crippen molar-refractivity contribution in [2.24, 2.45) is 5.73 Å². The van der Waals surface area contributed by atoms with Crippen LogP contribution in [0.4, 0.5) is 0 Å². The Morgan fingerprint density at radius 2 is 1.25 bits per heavy atom. The molecule has 180 valence electrons. The Balaban J connectivity index is 0. The number of nitrogens with two attached hydrogens (primary N) is 1. The van der Waals surface area contributed by atoms with Gasteiger partial charge in [-0.15, -0.1) is 0 Å². The molecule has 1 atom stereocenters. The number of unbranched alkanes of at least 4 members (excludes halogenated alkanes) is 7. The molecule has 0 aliphatic carbocycles. The molecule has 32 heavy (non-hydrogen) atoms. The average molecular weight is 450 g/mol. The standard InChI is InChI=1S/C20H30O2.C5H9NO4/c1-2-3-4-5-6-7-8-9-10-11-12-13-14-15-16-17-18-19-20(21)22;6-3(5(9)10)1-2-4(7)8/h10-19H,2-9H2,1H3,(H,21,22);3H,1-2,6H2,(H,7,8)(H,9,10)/t;3-/m.0/s1. The molecule has 0 saturated heterocycles. The maximum Gasteiger partial charge on any atom is 0.328 e. The Morgan fingerprint density at radius 3 is 1.75 bits per heavy atom. The van der Waals surface area contributed by atoms with Gasteiger partial charge in [0, 0.05) is 12.5 Å². The molecule has 0 aliphatic rings. The maximum atomic E-state index is 10.2. The zero-order chi connectivity index (χ0) is 24.5. The summed E-state index contributed by atoms with van der Waals surface area (Å²) in [5.74, 6) is -3.13. The van der Waals surface area contributed by atoms with Gasteiger partial charge in [-0.25, -0.2) is 4.79 Å². The largest absolute Gasteiger partial charge is 0.481 e. The molecule has 7 heteroatoms. The van der Waals surface area contributed by atoms with Crippen LogP contribution in [0.3, 0.4) is 0 Å². The molecule has 0 unspecified atom stereocenters. The fourth-order valence-electron chi connectivity index (χ4n) is 2.32. The van der Waals surface area contributed by atoms with Gasteiger partial charge in [0.25, 0.3) is 0 Å². The van der Waals surface area contributed by atoms with Crippen LogP contribution in [-0.4, -0.2) is 39.3 Å². The molecular formula is C25H39NO6. The van der Waals surface area contributed by atoms with Gasteiger partial charge in [0.1, 0.15) is 6.04 Å². The average Bonchev–Trinajstić information content (AvgIpc) is 2.74. The lowest BCUT2D eigenvalue weighted by atomic mass is 10.1. The van der Waals surface area contributed by atoms with Gasteiger partial charge in [-0.2, -0.15) is 0 Å². The van der Waals surface area contributed by atoms with Gasteiger partial charge >= 0.3 is 17.9 Å². The number of allylic oxidation sites excluding steroid dienone is 9. The normalized spacial score (nSPS) is 12.7. The van der Waals surface area contributed by atoms with E-state index >= 15 is 0 Å². The minimum Gasteiger partial charge on any atom is -0.481 e. The van der Waals surface area contributed by atoms with E-state index in [1.807, 2.05) is 24.3 Å². The van der Waals surface area contributed by atoms with E-state index in [1.165, 1.54) is 51.0 Å². The Bertz CT molecular complexity index is 647. The molecule has 7 nitrogen and oxygen atoms in total. The van der Waals surface area contributed by atoms with E-state index in [0.717, 1.165) is 12.5 Å². The molecule has 0 spiro atoms. The SMILES string of the molecule is CCCCCCCCCC=CC=CC=CC=CC=CC(=O)O.N[C@@H](CCC(=O)O)C(=O)O. The summed E-state index contributed by atoms with van der Waals surface area (Å²) in [6.45, 7) is 2.25. The second-order valence-corrected chi connectivity index (χ2v) is 7.07. The minimum atomic E-state index is -1.17. The number of carboxylic acids is 3. The van der Waals surface area contributed by atoms with Gasteiger partial charge in [-0.05, 0) is 19.3 Å². The van der Waals surface area contributed by atoms with Gasteiger partial charge < -0.3 is 21.1 Å². The second-order valence-electron chi connectivity index (χ2n) is 7.07. The lowest BCUT2D eigenvalue weighted by Gasteiger charge is -2.01. The molecule has 5 N–H and O–H groups in total. The van der Waals surface area contributed by atoms with Crippen molar-refractivity contribution in [1.29, 1.82) is 0 Å². The Kier molecular flexibility index (Phi) is 23.8. The predicted octanol–water partition coefficient (Wildman–Crippen LogP) is 5.26. The minimum absolute atomic E-state index is 0.0231. The molecule has 0 fully saturated rings. The number of hydrogen-bond donors (Lipinski definition) is 4. The molecule has 0 amide bonds.